The van der Waals surface area contributed by atoms with Gasteiger partial charge in [0.15, 0.2) is 34.9 Å². The molecule has 0 spiro atoms. The first kappa shape index (κ1) is 46.7. The third-order valence-corrected chi connectivity index (χ3v) is 15.8. The van der Waals surface area contributed by atoms with E-state index in [9.17, 15) is 0 Å². The van der Waals surface area contributed by atoms with Crippen molar-refractivity contribution in [3.8, 4) is 113 Å². The standard InChI is InChI=1S/C74H48N6/c1-5-15-47(16-6-1)49-25-33-55(34-26-49)71-75-69(53-19-9-3-10-20-53)77-73(79-71)57-37-29-51(30-38-57)59-41-43-63-65(45-59)67-61-23-13-14-24-62(61)68(63)66-46-60(42-44-64(66)67)52-31-39-58(40-32-52)74-78-70(54-21-11-4-12-22-54)76-72(80-74)56-35-27-50(28-36-56)48-17-7-2-8-18-48/h1-46,67-68H. The van der Waals surface area contributed by atoms with E-state index >= 15 is 0 Å². The van der Waals surface area contributed by atoms with Gasteiger partial charge < -0.3 is 0 Å². The highest BCUT2D eigenvalue weighted by Crippen LogP contribution is 2.57. The van der Waals surface area contributed by atoms with Crippen molar-refractivity contribution in [1.82, 2.24) is 29.9 Å². The van der Waals surface area contributed by atoms with Crippen molar-refractivity contribution in [2.24, 2.45) is 0 Å². The number of hydrogen-bond acceptors (Lipinski definition) is 6. The predicted molar refractivity (Wildman–Crippen MR) is 322 cm³/mol. The summed E-state index contributed by atoms with van der Waals surface area (Å²) in [5.41, 5.74) is 23.1. The maximum Gasteiger partial charge on any atom is 0.164 e. The number of aromatic nitrogens is 6. The van der Waals surface area contributed by atoms with Crippen LogP contribution < -0.4 is 0 Å². The van der Waals surface area contributed by atoms with E-state index in [4.69, 9.17) is 29.9 Å². The molecule has 0 saturated carbocycles. The number of hydrogen-bond donors (Lipinski definition) is 0. The second-order valence-corrected chi connectivity index (χ2v) is 20.6. The van der Waals surface area contributed by atoms with E-state index in [-0.39, 0.29) is 11.8 Å². The molecule has 2 unspecified atom stereocenters. The molecular weight excluding hydrogens is 973 g/mol. The quantitative estimate of drug-likeness (QED) is 0.136. The molecule has 0 fully saturated rings. The SMILES string of the molecule is c1ccc(-c2ccc(-c3nc(-c4ccccc4)nc(-c4ccc(-c5ccc6c(c5)C5c7ccccc7C6c6cc(-c7ccc(-c8nc(-c9ccccc9)nc(-c9ccc(-c%10ccccc%10)cc9)n8)cc7)ccc65)cc4)n3)cc2)cc1. The summed E-state index contributed by atoms with van der Waals surface area (Å²) in [6.07, 6.45) is 0. The Bertz CT molecular complexity index is 4130. The lowest BCUT2D eigenvalue weighted by molar-refractivity contribution is 0.755. The van der Waals surface area contributed by atoms with Gasteiger partial charge >= 0.3 is 0 Å². The van der Waals surface area contributed by atoms with Crippen LogP contribution in [0.5, 0.6) is 0 Å². The summed E-state index contributed by atoms with van der Waals surface area (Å²) >= 11 is 0. The highest BCUT2D eigenvalue weighted by atomic mass is 15.0. The summed E-state index contributed by atoms with van der Waals surface area (Å²) in [5.74, 6) is 4.06. The summed E-state index contributed by atoms with van der Waals surface area (Å²) in [7, 11) is 0. The summed E-state index contributed by atoms with van der Waals surface area (Å²) in [4.78, 5) is 30.2. The summed E-state index contributed by atoms with van der Waals surface area (Å²) in [6.45, 7) is 0. The summed E-state index contributed by atoms with van der Waals surface area (Å²) < 4.78 is 0. The van der Waals surface area contributed by atoms with Gasteiger partial charge in [-0.3, -0.25) is 0 Å². The van der Waals surface area contributed by atoms with Crippen LogP contribution in [0.2, 0.25) is 0 Å². The van der Waals surface area contributed by atoms with Gasteiger partial charge in [-0.2, -0.15) is 0 Å². The first-order valence-electron chi connectivity index (χ1n) is 27.1. The third-order valence-electron chi connectivity index (χ3n) is 15.8. The fourth-order valence-electron chi connectivity index (χ4n) is 11.8. The second kappa shape index (κ2) is 19.8. The first-order chi connectivity index (χ1) is 39.6. The van der Waals surface area contributed by atoms with Crippen molar-refractivity contribution >= 4 is 0 Å². The molecule has 3 aliphatic carbocycles. The topological polar surface area (TPSA) is 77.3 Å². The van der Waals surface area contributed by atoms with Crippen molar-refractivity contribution in [3.63, 3.8) is 0 Å². The van der Waals surface area contributed by atoms with Crippen LogP contribution in [-0.4, -0.2) is 29.9 Å². The van der Waals surface area contributed by atoms with E-state index in [1.54, 1.807) is 0 Å². The van der Waals surface area contributed by atoms with E-state index in [0.29, 0.717) is 34.9 Å². The molecule has 0 amide bonds. The van der Waals surface area contributed by atoms with Gasteiger partial charge in [-0.1, -0.05) is 267 Å². The van der Waals surface area contributed by atoms with E-state index in [1.807, 2.05) is 72.8 Å². The zero-order valence-corrected chi connectivity index (χ0v) is 43.4. The van der Waals surface area contributed by atoms with Crippen LogP contribution in [-0.2, 0) is 0 Å². The number of rotatable bonds is 10. The van der Waals surface area contributed by atoms with Gasteiger partial charge in [0.1, 0.15) is 0 Å². The molecule has 0 radical (unpaired) electrons. The zero-order valence-electron chi connectivity index (χ0n) is 43.4. The van der Waals surface area contributed by atoms with E-state index in [2.05, 4.69) is 206 Å². The average Bonchev–Trinajstić information content (AvgIpc) is 3.55. The maximum absolute atomic E-state index is 5.08. The average molecular weight is 1020 g/mol. The normalized spacial score (nSPS) is 13.8. The predicted octanol–water partition coefficient (Wildman–Crippen LogP) is 17.7. The van der Waals surface area contributed by atoms with Gasteiger partial charge in [-0.05, 0) is 90.0 Å². The lowest BCUT2D eigenvalue weighted by Gasteiger charge is -2.42. The molecule has 374 valence electrons. The van der Waals surface area contributed by atoms with Crippen molar-refractivity contribution in [3.05, 3.63) is 312 Å². The Morgan fingerprint density at radius 3 is 0.625 bits per heavy atom. The summed E-state index contributed by atoms with van der Waals surface area (Å²) in [5, 5.41) is 0. The fourth-order valence-corrected chi connectivity index (χ4v) is 11.8. The molecule has 2 aromatic heterocycles. The lowest BCUT2D eigenvalue weighted by Crippen LogP contribution is -2.27. The largest absolute Gasteiger partial charge is 0.208 e. The molecule has 3 aliphatic rings. The molecule has 0 saturated heterocycles. The van der Waals surface area contributed by atoms with Crippen molar-refractivity contribution in [2.45, 2.75) is 11.8 Å². The molecule has 80 heavy (non-hydrogen) atoms. The van der Waals surface area contributed by atoms with Gasteiger partial charge in [0.2, 0.25) is 0 Å². The Morgan fingerprint density at radius 1 is 0.150 bits per heavy atom. The van der Waals surface area contributed by atoms with Crippen LogP contribution >= 0.6 is 0 Å². The Balaban J connectivity index is 0.727. The Morgan fingerprint density at radius 2 is 0.338 bits per heavy atom. The minimum absolute atomic E-state index is 0.116. The highest BCUT2D eigenvalue weighted by Gasteiger charge is 2.41. The molecule has 2 heterocycles. The fraction of sp³-hybridized carbons (Fsp3) is 0.0270. The van der Waals surface area contributed by atoms with Gasteiger partial charge in [0.25, 0.3) is 0 Å². The third kappa shape index (κ3) is 8.56. The summed E-state index contributed by atoms with van der Waals surface area (Å²) in [6, 6.07) is 98.6. The van der Waals surface area contributed by atoms with Crippen LogP contribution in [0.3, 0.4) is 0 Å². The van der Waals surface area contributed by atoms with Gasteiger partial charge in [-0.15, -0.1) is 0 Å². The maximum atomic E-state index is 5.08. The van der Waals surface area contributed by atoms with E-state index in [0.717, 1.165) is 55.6 Å². The van der Waals surface area contributed by atoms with Crippen LogP contribution in [0.4, 0.5) is 0 Å². The zero-order chi connectivity index (χ0) is 52.9. The number of nitrogens with zero attached hydrogens (tertiary/aromatic N) is 6. The van der Waals surface area contributed by atoms with Gasteiger partial charge in [0, 0.05) is 45.2 Å². The van der Waals surface area contributed by atoms with Crippen LogP contribution in [0.25, 0.3) is 113 Å². The second-order valence-electron chi connectivity index (χ2n) is 20.6. The van der Waals surface area contributed by atoms with Crippen LogP contribution in [0, 0.1) is 0 Å². The monoisotopic (exact) mass is 1020 g/mol. The van der Waals surface area contributed by atoms with Crippen LogP contribution in [0.1, 0.15) is 45.2 Å². The van der Waals surface area contributed by atoms with Crippen molar-refractivity contribution in [2.75, 3.05) is 0 Å². The van der Waals surface area contributed by atoms with E-state index in [1.165, 1.54) is 55.6 Å². The highest BCUT2D eigenvalue weighted by molar-refractivity contribution is 5.79. The van der Waals surface area contributed by atoms with E-state index < -0.39 is 0 Å². The minimum atomic E-state index is 0.116. The first-order valence-corrected chi connectivity index (χ1v) is 27.1. The molecule has 13 aromatic rings. The molecule has 11 aromatic carbocycles. The molecular formula is C74H48N6. The molecule has 6 heteroatoms. The number of benzene rings is 11. The Hall–Kier alpha value is -10.6. The lowest BCUT2D eigenvalue weighted by atomic mass is 9.60. The van der Waals surface area contributed by atoms with Crippen molar-refractivity contribution in [1.29, 1.82) is 0 Å². The minimum Gasteiger partial charge on any atom is -0.208 e. The molecule has 0 N–H and O–H groups in total. The molecule has 16 rings (SSSR count). The van der Waals surface area contributed by atoms with Crippen LogP contribution in [0.15, 0.2) is 279 Å². The molecule has 6 nitrogen and oxygen atoms in total. The van der Waals surface area contributed by atoms with Crippen molar-refractivity contribution < 1.29 is 0 Å². The Labute approximate surface area is 464 Å². The molecule has 2 atom stereocenters. The Kier molecular flexibility index (Phi) is 11.6. The van der Waals surface area contributed by atoms with Gasteiger partial charge in [-0.25, -0.2) is 29.9 Å². The molecule has 0 aliphatic heterocycles. The van der Waals surface area contributed by atoms with Gasteiger partial charge in [0.05, 0.1) is 0 Å². The smallest absolute Gasteiger partial charge is 0.164 e. The molecule has 2 bridgehead atoms.